The molecular formula is C56H35N5O. The molecule has 6 nitrogen and oxygen atoms in total. The van der Waals surface area contributed by atoms with E-state index in [9.17, 15) is 0 Å². The molecule has 0 radical (unpaired) electrons. The van der Waals surface area contributed by atoms with E-state index in [0.29, 0.717) is 23.3 Å². The number of benzene rings is 8. The zero-order valence-corrected chi connectivity index (χ0v) is 33.4. The van der Waals surface area contributed by atoms with Gasteiger partial charge in [-0.15, -0.1) is 0 Å². The van der Waals surface area contributed by atoms with Crippen LogP contribution in [0.3, 0.4) is 0 Å². The quantitative estimate of drug-likeness (QED) is 0.167. The summed E-state index contributed by atoms with van der Waals surface area (Å²) in [6.45, 7) is 0. The molecule has 0 bridgehead atoms. The van der Waals surface area contributed by atoms with Crippen molar-refractivity contribution >= 4 is 0 Å². The highest BCUT2D eigenvalue weighted by molar-refractivity contribution is 5.91. The van der Waals surface area contributed by atoms with Crippen LogP contribution in [0.4, 0.5) is 0 Å². The van der Waals surface area contributed by atoms with Gasteiger partial charge in [0, 0.05) is 44.5 Å². The summed E-state index contributed by atoms with van der Waals surface area (Å²) in [7, 11) is 0. The third-order valence-corrected chi connectivity index (χ3v) is 12.0. The number of rotatable bonds is 6. The lowest BCUT2D eigenvalue weighted by Gasteiger charge is -2.39. The minimum Gasteiger partial charge on any atom is -0.457 e. The number of fused-ring (bicyclic) bond motifs is 9. The largest absolute Gasteiger partial charge is 0.457 e. The van der Waals surface area contributed by atoms with Crippen LogP contribution in [0, 0.1) is 0 Å². The second-order valence-electron chi connectivity index (χ2n) is 15.6. The highest BCUT2D eigenvalue weighted by Gasteiger charge is 2.51. The average molecular weight is 794 g/mol. The van der Waals surface area contributed by atoms with Gasteiger partial charge in [-0.25, -0.2) is 24.9 Å². The van der Waals surface area contributed by atoms with E-state index in [2.05, 4.69) is 109 Å². The van der Waals surface area contributed by atoms with Gasteiger partial charge in [-0.05, 0) is 46.5 Å². The highest BCUT2D eigenvalue weighted by atomic mass is 16.5. The van der Waals surface area contributed by atoms with Gasteiger partial charge in [-0.2, -0.15) is 0 Å². The van der Waals surface area contributed by atoms with Gasteiger partial charge in [0.15, 0.2) is 23.3 Å². The smallest absolute Gasteiger partial charge is 0.164 e. The van der Waals surface area contributed by atoms with E-state index in [1.807, 2.05) is 103 Å². The van der Waals surface area contributed by atoms with Crippen molar-refractivity contribution in [3.63, 3.8) is 0 Å². The third kappa shape index (κ3) is 5.76. The Kier molecular flexibility index (Phi) is 8.28. The molecule has 1 spiro atoms. The van der Waals surface area contributed by atoms with Crippen LogP contribution in [0.15, 0.2) is 212 Å². The second-order valence-corrected chi connectivity index (χ2v) is 15.6. The van der Waals surface area contributed by atoms with Crippen LogP contribution < -0.4 is 4.74 Å². The number of aromatic nitrogens is 5. The molecule has 0 amide bonds. The molecule has 0 N–H and O–H groups in total. The van der Waals surface area contributed by atoms with Gasteiger partial charge >= 0.3 is 0 Å². The Morgan fingerprint density at radius 3 is 1.34 bits per heavy atom. The summed E-state index contributed by atoms with van der Waals surface area (Å²) in [5.74, 6) is 4.15. The Labute approximate surface area is 359 Å². The van der Waals surface area contributed by atoms with E-state index in [1.165, 1.54) is 11.1 Å². The molecule has 290 valence electrons. The van der Waals surface area contributed by atoms with Crippen molar-refractivity contribution in [3.8, 4) is 90.7 Å². The van der Waals surface area contributed by atoms with Crippen molar-refractivity contribution in [2.24, 2.45) is 0 Å². The molecule has 0 saturated heterocycles. The fraction of sp³-hybridized carbons (Fsp3) is 0.0179. The van der Waals surface area contributed by atoms with E-state index in [0.717, 1.165) is 78.5 Å². The first-order valence-electron chi connectivity index (χ1n) is 20.7. The van der Waals surface area contributed by atoms with Crippen LogP contribution in [0.25, 0.3) is 79.2 Å². The normalized spacial score (nSPS) is 14.3. The van der Waals surface area contributed by atoms with E-state index in [1.54, 1.807) is 0 Å². The Bertz CT molecular complexity index is 3210. The molecule has 0 saturated carbocycles. The minimum absolute atomic E-state index is 0.617. The first-order valence-corrected chi connectivity index (χ1v) is 20.7. The first-order chi connectivity index (χ1) is 30.7. The summed E-state index contributed by atoms with van der Waals surface area (Å²) in [4.78, 5) is 25.3. The molecular weight excluding hydrogens is 759 g/mol. The van der Waals surface area contributed by atoms with E-state index in [4.69, 9.17) is 29.7 Å². The molecule has 1 aliphatic carbocycles. The molecule has 10 aromatic rings. The zero-order valence-electron chi connectivity index (χ0n) is 33.4. The van der Waals surface area contributed by atoms with Crippen molar-refractivity contribution < 1.29 is 4.74 Å². The number of hydrogen-bond donors (Lipinski definition) is 0. The molecule has 1 unspecified atom stereocenters. The molecule has 2 aromatic heterocycles. The standard InChI is InChI=1S/C56H35N5O/c1-5-17-36(18-6-1)48-35-49(58-52(57-48)37-19-7-2-8-20-37)40-29-32-47-51(34-40)62-50-28-16-15-27-46(50)56(47)44-26-14-13-25-42(44)43-33-41(30-31-45(43)56)55-60-53(38-21-9-3-10-22-38)59-54(61-55)39-23-11-4-12-24-39/h1-35H. The van der Waals surface area contributed by atoms with Gasteiger partial charge in [0.1, 0.15) is 11.5 Å². The van der Waals surface area contributed by atoms with E-state index >= 15 is 0 Å². The minimum atomic E-state index is -0.660. The molecule has 6 heteroatoms. The number of nitrogens with zero attached hydrogens (tertiary/aromatic N) is 5. The van der Waals surface area contributed by atoms with Crippen LogP contribution in [0.5, 0.6) is 11.5 Å². The van der Waals surface area contributed by atoms with Crippen LogP contribution >= 0.6 is 0 Å². The molecule has 62 heavy (non-hydrogen) atoms. The summed E-state index contributed by atoms with van der Waals surface area (Å²) < 4.78 is 6.92. The maximum Gasteiger partial charge on any atom is 0.164 e. The van der Waals surface area contributed by atoms with Crippen molar-refractivity contribution in [3.05, 3.63) is 235 Å². The summed E-state index contributed by atoms with van der Waals surface area (Å²) in [6, 6.07) is 73.1. The SMILES string of the molecule is c1ccc(-c2cc(-c3ccc4c(c3)Oc3ccccc3C43c4ccccc4-c4cc(-c5nc(-c6ccccc6)nc(-c6ccccc6)n5)ccc43)nc(-c3ccccc3)n2)cc1. The highest BCUT2D eigenvalue weighted by Crippen LogP contribution is 2.62. The average Bonchev–Trinajstić information content (AvgIpc) is 3.64. The number of para-hydroxylation sites is 1. The van der Waals surface area contributed by atoms with Crippen molar-refractivity contribution in [2.75, 3.05) is 0 Å². The van der Waals surface area contributed by atoms with E-state index < -0.39 is 5.41 Å². The fourth-order valence-corrected chi connectivity index (χ4v) is 9.21. The lowest BCUT2D eigenvalue weighted by Crippen LogP contribution is -2.32. The third-order valence-electron chi connectivity index (χ3n) is 12.0. The zero-order chi connectivity index (χ0) is 41.0. The molecule has 1 aliphatic heterocycles. The van der Waals surface area contributed by atoms with Crippen molar-refractivity contribution in [1.29, 1.82) is 0 Å². The molecule has 2 aliphatic rings. The first kappa shape index (κ1) is 35.6. The Morgan fingerprint density at radius 1 is 0.274 bits per heavy atom. The van der Waals surface area contributed by atoms with Crippen LogP contribution in [0.1, 0.15) is 22.3 Å². The van der Waals surface area contributed by atoms with Crippen LogP contribution in [-0.4, -0.2) is 24.9 Å². The predicted octanol–water partition coefficient (Wildman–Crippen LogP) is 13.1. The molecule has 12 rings (SSSR count). The summed E-state index contributed by atoms with van der Waals surface area (Å²) in [6.07, 6.45) is 0. The molecule has 8 aromatic carbocycles. The molecule has 0 fully saturated rings. The predicted molar refractivity (Wildman–Crippen MR) is 245 cm³/mol. The molecule has 3 heterocycles. The second kappa shape index (κ2) is 14.4. The molecule has 1 atom stereocenters. The fourth-order valence-electron chi connectivity index (χ4n) is 9.21. The van der Waals surface area contributed by atoms with Crippen molar-refractivity contribution in [2.45, 2.75) is 5.41 Å². The maximum absolute atomic E-state index is 6.92. The number of ether oxygens (including phenoxy) is 1. The topological polar surface area (TPSA) is 73.7 Å². The van der Waals surface area contributed by atoms with Gasteiger partial charge < -0.3 is 4.74 Å². The van der Waals surface area contributed by atoms with Gasteiger partial charge in [0.05, 0.1) is 16.8 Å². The maximum atomic E-state index is 6.92. The lowest BCUT2D eigenvalue weighted by molar-refractivity contribution is 0.436. The van der Waals surface area contributed by atoms with Gasteiger partial charge in [-0.3, -0.25) is 0 Å². The van der Waals surface area contributed by atoms with Crippen LogP contribution in [-0.2, 0) is 5.41 Å². The van der Waals surface area contributed by atoms with E-state index in [-0.39, 0.29) is 0 Å². The lowest BCUT2D eigenvalue weighted by atomic mass is 9.66. The summed E-state index contributed by atoms with van der Waals surface area (Å²) >= 11 is 0. The summed E-state index contributed by atoms with van der Waals surface area (Å²) in [5, 5.41) is 0. The number of hydrogen-bond acceptors (Lipinski definition) is 6. The Balaban J connectivity index is 1.04. The summed E-state index contributed by atoms with van der Waals surface area (Å²) in [5.41, 5.74) is 13.5. The Morgan fingerprint density at radius 2 is 0.710 bits per heavy atom. The van der Waals surface area contributed by atoms with Crippen molar-refractivity contribution in [1.82, 2.24) is 24.9 Å². The Hall–Kier alpha value is -8.35. The van der Waals surface area contributed by atoms with Crippen LogP contribution in [0.2, 0.25) is 0 Å². The van der Waals surface area contributed by atoms with Gasteiger partial charge in [0.2, 0.25) is 0 Å². The van der Waals surface area contributed by atoms with Gasteiger partial charge in [-0.1, -0.05) is 188 Å². The van der Waals surface area contributed by atoms with Gasteiger partial charge in [0.25, 0.3) is 0 Å². The monoisotopic (exact) mass is 793 g/mol.